The summed E-state index contributed by atoms with van der Waals surface area (Å²) in [5, 5.41) is 7.31. The van der Waals surface area contributed by atoms with Crippen LogP contribution in [0.15, 0.2) is 291 Å². The van der Waals surface area contributed by atoms with Crippen LogP contribution in [0.25, 0.3) is 69.6 Å². The minimum atomic E-state index is 1.05. The summed E-state index contributed by atoms with van der Waals surface area (Å²) in [4.78, 5) is 7.21. The van der Waals surface area contributed by atoms with Gasteiger partial charge in [-0.3, -0.25) is 0 Å². The lowest BCUT2D eigenvalue weighted by Crippen LogP contribution is -2.13. The van der Waals surface area contributed by atoms with Gasteiger partial charge < -0.3 is 19.3 Å². The standard InChI is InChI=1S/C70H48N4S/c1-6-22-50(23-7-1)71(51-24-8-2-9-25-51)57-44-49(45-58(46-57)72(52-26-10-3-11-27-52)53-28-12-4-13-29-53)59-42-43-67(61-33-17-16-32-60(59)61)73(56-39-41-65-64-35-19-21-37-69(64)75-70(65)48-56)55-38-40-63-62-34-18-20-36-66(62)74(68(63)47-55)54-30-14-5-15-31-54/h1-48H. The Morgan fingerprint density at radius 2 is 0.707 bits per heavy atom. The van der Waals surface area contributed by atoms with E-state index in [-0.39, 0.29) is 0 Å². The van der Waals surface area contributed by atoms with E-state index in [1.165, 1.54) is 36.5 Å². The van der Waals surface area contributed by atoms with Crippen LogP contribution in [0, 0.1) is 0 Å². The van der Waals surface area contributed by atoms with E-state index in [0.717, 1.165) is 84.3 Å². The van der Waals surface area contributed by atoms with Crippen LogP contribution in [-0.2, 0) is 0 Å². The largest absolute Gasteiger partial charge is 0.310 e. The van der Waals surface area contributed by atoms with Crippen molar-refractivity contribution in [2.75, 3.05) is 14.7 Å². The van der Waals surface area contributed by atoms with E-state index in [1.54, 1.807) is 0 Å². The van der Waals surface area contributed by atoms with E-state index in [4.69, 9.17) is 0 Å². The van der Waals surface area contributed by atoms with Gasteiger partial charge in [0, 0.05) is 87.5 Å². The Bertz CT molecular complexity index is 4180. The van der Waals surface area contributed by atoms with Gasteiger partial charge >= 0.3 is 0 Å². The van der Waals surface area contributed by atoms with Crippen molar-refractivity contribution in [2.45, 2.75) is 0 Å². The fraction of sp³-hybridized carbons (Fsp3) is 0. The van der Waals surface area contributed by atoms with Crippen molar-refractivity contribution >= 4 is 115 Å². The number of aromatic nitrogens is 1. The third-order valence-electron chi connectivity index (χ3n) is 14.5. The lowest BCUT2D eigenvalue weighted by atomic mass is 9.95. The first kappa shape index (κ1) is 44.1. The van der Waals surface area contributed by atoms with Crippen LogP contribution in [0.1, 0.15) is 0 Å². The Kier molecular flexibility index (Phi) is 11.0. The molecule has 0 fully saturated rings. The molecule has 0 saturated carbocycles. The quantitative estimate of drug-likeness (QED) is 0.128. The zero-order valence-electron chi connectivity index (χ0n) is 40.9. The number of para-hydroxylation sites is 6. The van der Waals surface area contributed by atoms with Gasteiger partial charge in [-0.1, -0.05) is 170 Å². The Labute approximate surface area is 440 Å². The van der Waals surface area contributed by atoms with Crippen molar-refractivity contribution in [1.29, 1.82) is 0 Å². The number of hydrogen-bond acceptors (Lipinski definition) is 4. The van der Waals surface area contributed by atoms with Crippen LogP contribution in [-0.4, -0.2) is 4.57 Å². The topological polar surface area (TPSA) is 14.7 Å². The highest BCUT2D eigenvalue weighted by Gasteiger charge is 2.24. The maximum Gasteiger partial charge on any atom is 0.0561 e. The lowest BCUT2D eigenvalue weighted by molar-refractivity contribution is 1.18. The van der Waals surface area contributed by atoms with E-state index < -0.39 is 0 Å². The number of hydrogen-bond donors (Lipinski definition) is 0. The zero-order valence-corrected chi connectivity index (χ0v) is 41.7. The molecule has 14 aromatic rings. The lowest BCUT2D eigenvalue weighted by Gasteiger charge is -2.31. The van der Waals surface area contributed by atoms with Gasteiger partial charge in [-0.2, -0.15) is 0 Å². The van der Waals surface area contributed by atoms with Crippen LogP contribution in [0.4, 0.5) is 51.2 Å². The second-order valence-electron chi connectivity index (χ2n) is 18.9. The van der Waals surface area contributed by atoms with Crippen LogP contribution < -0.4 is 14.7 Å². The fourth-order valence-electron chi connectivity index (χ4n) is 11.2. The Morgan fingerprint density at radius 3 is 1.31 bits per heavy atom. The van der Waals surface area contributed by atoms with Crippen molar-refractivity contribution in [3.8, 4) is 16.8 Å². The van der Waals surface area contributed by atoms with E-state index >= 15 is 0 Å². The average Bonchev–Trinajstić information content (AvgIpc) is 4.03. The van der Waals surface area contributed by atoms with E-state index in [9.17, 15) is 0 Å². The van der Waals surface area contributed by atoms with Crippen molar-refractivity contribution in [1.82, 2.24) is 4.57 Å². The minimum Gasteiger partial charge on any atom is -0.310 e. The molecule has 354 valence electrons. The number of benzene rings is 12. The SMILES string of the molecule is c1ccc(N(c2ccccc2)c2cc(-c3ccc(N(c4ccc5c(c4)sc4ccccc45)c4ccc5c6ccccc6n(-c6ccccc6)c5c4)c4ccccc34)cc(N(c3ccccc3)c3ccccc3)c2)cc1. The highest BCUT2D eigenvalue weighted by molar-refractivity contribution is 7.25. The van der Waals surface area contributed by atoms with E-state index in [0.29, 0.717) is 0 Å². The number of anilines is 9. The van der Waals surface area contributed by atoms with Gasteiger partial charge in [0.15, 0.2) is 0 Å². The average molecular weight is 977 g/mol. The summed E-state index contributed by atoms with van der Waals surface area (Å²) < 4.78 is 4.96. The van der Waals surface area contributed by atoms with E-state index in [2.05, 4.69) is 310 Å². The maximum absolute atomic E-state index is 2.48. The summed E-state index contributed by atoms with van der Waals surface area (Å²) in [6, 6.07) is 106. The van der Waals surface area contributed by atoms with Crippen molar-refractivity contribution in [3.05, 3.63) is 291 Å². The van der Waals surface area contributed by atoms with Crippen molar-refractivity contribution < 1.29 is 0 Å². The molecular weight excluding hydrogens is 929 g/mol. The van der Waals surface area contributed by atoms with Crippen molar-refractivity contribution in [3.63, 3.8) is 0 Å². The van der Waals surface area contributed by atoms with Gasteiger partial charge in [0.05, 0.1) is 16.7 Å². The Balaban J connectivity index is 1.01. The smallest absolute Gasteiger partial charge is 0.0561 e. The molecule has 0 amide bonds. The molecule has 14 rings (SSSR count). The first-order valence-electron chi connectivity index (χ1n) is 25.5. The molecule has 0 unspecified atom stereocenters. The molecule has 0 N–H and O–H groups in total. The summed E-state index contributed by atoms with van der Waals surface area (Å²) in [6.45, 7) is 0. The van der Waals surface area contributed by atoms with Crippen LogP contribution in [0.3, 0.4) is 0 Å². The summed E-state index contributed by atoms with van der Waals surface area (Å²) >= 11 is 1.85. The molecule has 0 radical (unpaired) electrons. The normalized spacial score (nSPS) is 11.5. The molecule has 0 aliphatic rings. The summed E-state index contributed by atoms with van der Waals surface area (Å²) in [5.74, 6) is 0. The monoisotopic (exact) mass is 976 g/mol. The molecule has 0 spiro atoms. The first-order valence-corrected chi connectivity index (χ1v) is 26.3. The van der Waals surface area contributed by atoms with Gasteiger partial charge in [-0.25, -0.2) is 0 Å². The van der Waals surface area contributed by atoms with Crippen LogP contribution in [0.2, 0.25) is 0 Å². The molecule has 0 aliphatic carbocycles. The molecular formula is C70H48N4S. The van der Waals surface area contributed by atoms with Gasteiger partial charge in [-0.15, -0.1) is 11.3 Å². The summed E-state index contributed by atoms with van der Waals surface area (Å²) in [7, 11) is 0. The van der Waals surface area contributed by atoms with Crippen LogP contribution >= 0.6 is 11.3 Å². The zero-order chi connectivity index (χ0) is 49.7. The molecule has 75 heavy (non-hydrogen) atoms. The highest BCUT2D eigenvalue weighted by Crippen LogP contribution is 2.48. The van der Waals surface area contributed by atoms with Gasteiger partial charge in [-0.05, 0) is 138 Å². The molecule has 2 heterocycles. The van der Waals surface area contributed by atoms with Crippen LogP contribution in [0.5, 0.6) is 0 Å². The van der Waals surface area contributed by atoms with Gasteiger partial charge in [0.25, 0.3) is 0 Å². The first-order chi connectivity index (χ1) is 37.2. The van der Waals surface area contributed by atoms with Gasteiger partial charge in [0.2, 0.25) is 0 Å². The molecule has 0 bridgehead atoms. The Hall–Kier alpha value is -9.68. The molecule has 0 aliphatic heterocycles. The predicted octanol–water partition coefficient (Wildman–Crippen LogP) is 20.4. The molecule has 12 aromatic carbocycles. The maximum atomic E-state index is 2.48. The second-order valence-corrected chi connectivity index (χ2v) is 20.0. The molecule has 0 atom stereocenters. The highest BCUT2D eigenvalue weighted by atomic mass is 32.1. The molecule has 0 saturated heterocycles. The molecule has 5 heteroatoms. The fourth-order valence-corrected chi connectivity index (χ4v) is 12.3. The number of thiophene rings is 1. The summed E-state index contributed by atoms with van der Waals surface area (Å²) in [6.07, 6.45) is 0. The van der Waals surface area contributed by atoms with E-state index in [1.807, 2.05) is 11.3 Å². The number of nitrogens with zero attached hydrogens (tertiary/aromatic N) is 4. The van der Waals surface area contributed by atoms with Crippen molar-refractivity contribution in [2.24, 2.45) is 0 Å². The van der Waals surface area contributed by atoms with Gasteiger partial charge in [0.1, 0.15) is 0 Å². The molecule has 2 aromatic heterocycles. The second kappa shape index (κ2) is 18.7. The summed E-state index contributed by atoms with van der Waals surface area (Å²) in [5.41, 5.74) is 15.4. The number of fused-ring (bicyclic) bond motifs is 7. The predicted molar refractivity (Wildman–Crippen MR) is 321 cm³/mol. The third kappa shape index (κ3) is 7.86. The number of rotatable bonds is 11. The Morgan fingerprint density at radius 1 is 0.253 bits per heavy atom. The third-order valence-corrected chi connectivity index (χ3v) is 15.6. The minimum absolute atomic E-state index is 1.05. The molecule has 4 nitrogen and oxygen atoms in total.